The Hall–Kier alpha value is -17.5. The van der Waals surface area contributed by atoms with Gasteiger partial charge in [-0.25, -0.2) is 9.97 Å². The molecule has 600 valence electrons. The quantitative estimate of drug-likeness (QED) is 0.147. The summed E-state index contributed by atoms with van der Waals surface area (Å²) in [6, 6.07) is 148. The van der Waals surface area contributed by atoms with Crippen LogP contribution in [-0.4, -0.2) is 38.2 Å². The van der Waals surface area contributed by atoms with Gasteiger partial charge in [0, 0.05) is 122 Å². The summed E-state index contributed by atoms with van der Waals surface area (Å²) in [5.74, 6) is 0. The van der Waals surface area contributed by atoms with Crippen molar-refractivity contribution in [1.82, 2.24) is 38.2 Å². The van der Waals surface area contributed by atoms with Crippen LogP contribution in [0.3, 0.4) is 0 Å². The topological polar surface area (TPSA) is 124 Å². The Morgan fingerprint density at radius 1 is 0.180 bits per heavy atom. The van der Waals surface area contributed by atoms with Gasteiger partial charge in [-0.1, -0.05) is 249 Å². The highest BCUT2D eigenvalue weighted by molar-refractivity contribution is 6.15. The second-order valence-electron chi connectivity index (χ2n) is 32.2. The Bertz CT molecular complexity index is 9050. The average Bonchev–Trinajstić information content (AvgIpc) is 1.58. The fraction of sp³-hybridized carbons (Fsp3) is 0. The first-order valence-electron chi connectivity index (χ1n) is 43.0. The van der Waals surface area contributed by atoms with Crippen LogP contribution in [0.15, 0.2) is 455 Å². The number of para-hydroxylation sites is 13. The highest BCUT2D eigenvalue weighted by Crippen LogP contribution is 2.44. The number of fused-ring (bicyclic) bond motifs is 24. The maximum atomic E-state index is 6.31. The molecule has 0 radical (unpaired) electrons. The maximum Gasteiger partial charge on any atom is 0.161 e. The van der Waals surface area contributed by atoms with Crippen LogP contribution in [-0.2, 0) is 0 Å². The van der Waals surface area contributed by atoms with Gasteiger partial charge in [0.1, 0.15) is 44.4 Å². The summed E-state index contributed by atoms with van der Waals surface area (Å²) in [5.41, 5.74) is 32.8. The van der Waals surface area contributed by atoms with Crippen molar-refractivity contribution < 1.29 is 17.7 Å². The second-order valence-corrected chi connectivity index (χ2v) is 32.2. The van der Waals surface area contributed by atoms with Crippen molar-refractivity contribution >= 4 is 175 Å². The van der Waals surface area contributed by atoms with Crippen LogP contribution < -0.4 is 0 Å². The van der Waals surface area contributed by atoms with Crippen LogP contribution in [0, 0.1) is 0 Å². The Kier molecular flexibility index (Phi) is 17.3. The van der Waals surface area contributed by atoms with Gasteiger partial charge in [-0.05, 0) is 181 Å². The van der Waals surface area contributed by atoms with E-state index in [0.29, 0.717) is 0 Å². The zero-order valence-corrected chi connectivity index (χ0v) is 68.8. The van der Waals surface area contributed by atoms with E-state index in [1.807, 2.05) is 116 Å². The Morgan fingerprint density at radius 3 is 0.914 bits per heavy atom. The minimum Gasteiger partial charge on any atom is -0.454 e. The molecule has 12 nitrogen and oxygen atoms in total. The zero-order valence-electron chi connectivity index (χ0n) is 68.8. The lowest BCUT2D eigenvalue weighted by molar-refractivity contribution is 0.668. The van der Waals surface area contributed by atoms with Gasteiger partial charge in [-0.3, -0.25) is 9.97 Å². The largest absolute Gasteiger partial charge is 0.454 e. The summed E-state index contributed by atoms with van der Waals surface area (Å²) >= 11 is 0. The van der Waals surface area contributed by atoms with E-state index in [2.05, 4.69) is 350 Å². The number of benzene rings is 16. The lowest BCUT2D eigenvalue weighted by atomic mass is 10.0. The molecule has 28 rings (SSSR count). The number of pyridine rings is 4. The summed E-state index contributed by atoms with van der Waals surface area (Å²) in [4.78, 5) is 19.2. The summed E-state index contributed by atoms with van der Waals surface area (Å²) in [7, 11) is 0. The predicted octanol–water partition coefficient (Wildman–Crippen LogP) is 31.0. The molecule has 12 aromatic heterocycles. The van der Waals surface area contributed by atoms with Crippen molar-refractivity contribution in [2.24, 2.45) is 0 Å². The maximum absolute atomic E-state index is 6.31. The van der Waals surface area contributed by atoms with Gasteiger partial charge >= 0.3 is 0 Å². The summed E-state index contributed by atoms with van der Waals surface area (Å²) in [6.45, 7) is 0. The molecule has 0 aliphatic heterocycles. The van der Waals surface area contributed by atoms with E-state index in [-0.39, 0.29) is 0 Å². The standard InChI is InChI=1S/4C29H18N2O/c1-5-13-24-19(9-1)20-10-2-6-14-25(20)31(24)26-15-7-3-11-21(26)22-17-18-30-28-23-12-4-8-16-27(23)32-29(22)28;1-4-13-25-22(10-1)23-11-2-5-14-26(23)31(25)20-9-7-8-19(18-20)21-16-17-30-28-24-12-3-6-15-27(24)32-29(21)28;1-4-13-25-21(10-1)22-11-2-5-14-26(22)31(25)20-9-7-8-19(18-20)24-16-17-28-29(30-24)23-12-3-6-15-27(23)32-28;1-4-10-25-21(7-1)22-8-2-5-11-26(22)31(25)20-15-13-19(14-16-20)24-17-18-28-29(30-24)23-9-3-6-12-27(23)32-28/h4*1-18H. The molecule has 0 spiro atoms. The Morgan fingerprint density at radius 2 is 0.492 bits per heavy atom. The van der Waals surface area contributed by atoms with E-state index < -0.39 is 0 Å². The lowest BCUT2D eigenvalue weighted by Crippen LogP contribution is -1.97. The van der Waals surface area contributed by atoms with E-state index in [9.17, 15) is 0 Å². The van der Waals surface area contributed by atoms with E-state index in [1.165, 1.54) is 87.2 Å². The van der Waals surface area contributed by atoms with Crippen molar-refractivity contribution in [3.63, 3.8) is 0 Å². The van der Waals surface area contributed by atoms with Gasteiger partial charge in [-0.15, -0.1) is 0 Å². The normalized spacial score (nSPS) is 11.8. The van der Waals surface area contributed by atoms with Gasteiger partial charge in [0.05, 0.1) is 61.2 Å². The van der Waals surface area contributed by atoms with E-state index in [0.717, 1.165) is 156 Å². The van der Waals surface area contributed by atoms with Crippen LogP contribution in [0.5, 0.6) is 0 Å². The Labute approximate surface area is 731 Å². The second kappa shape index (κ2) is 30.2. The summed E-state index contributed by atoms with van der Waals surface area (Å²) < 4.78 is 33.8. The van der Waals surface area contributed by atoms with E-state index >= 15 is 0 Å². The number of furan rings is 4. The first-order chi connectivity index (χ1) is 63.5. The lowest BCUT2D eigenvalue weighted by Gasteiger charge is -2.14. The minimum absolute atomic E-state index is 0.813. The zero-order chi connectivity index (χ0) is 84.3. The molecule has 0 saturated heterocycles. The molecule has 12 heteroatoms. The number of rotatable bonds is 8. The first-order valence-corrected chi connectivity index (χ1v) is 43.0. The molecule has 16 aromatic carbocycles. The number of hydrogen-bond donors (Lipinski definition) is 0. The van der Waals surface area contributed by atoms with Crippen molar-refractivity contribution in [2.45, 2.75) is 0 Å². The number of aromatic nitrogens is 8. The number of hydrogen-bond acceptors (Lipinski definition) is 8. The third kappa shape index (κ3) is 12.1. The molecule has 0 saturated carbocycles. The predicted molar refractivity (Wildman–Crippen MR) is 525 cm³/mol. The van der Waals surface area contributed by atoms with Crippen molar-refractivity contribution in [3.05, 3.63) is 437 Å². The third-order valence-electron chi connectivity index (χ3n) is 25.0. The highest BCUT2D eigenvalue weighted by atomic mass is 16.3. The molecule has 0 fully saturated rings. The molecule has 0 bridgehead atoms. The van der Waals surface area contributed by atoms with Crippen LogP contribution in [0.4, 0.5) is 0 Å². The highest BCUT2D eigenvalue weighted by Gasteiger charge is 2.23. The number of nitrogens with zero attached hydrogens (tertiary/aromatic N) is 8. The molecule has 128 heavy (non-hydrogen) atoms. The van der Waals surface area contributed by atoms with E-state index in [4.69, 9.17) is 27.6 Å². The van der Waals surface area contributed by atoms with Gasteiger partial charge in [0.25, 0.3) is 0 Å². The molecule has 12 heterocycles. The molecule has 0 amide bonds. The van der Waals surface area contributed by atoms with Crippen molar-refractivity contribution in [3.8, 4) is 67.5 Å². The molecule has 28 aromatic rings. The van der Waals surface area contributed by atoms with Crippen LogP contribution in [0.2, 0.25) is 0 Å². The molecular weight excluding hydrogens is 1570 g/mol. The average molecular weight is 1640 g/mol. The van der Waals surface area contributed by atoms with Crippen molar-refractivity contribution in [2.75, 3.05) is 0 Å². The summed E-state index contributed by atoms with van der Waals surface area (Å²) in [5, 5.41) is 14.3. The van der Waals surface area contributed by atoms with Crippen molar-refractivity contribution in [1.29, 1.82) is 0 Å². The molecule has 0 aliphatic carbocycles. The first kappa shape index (κ1) is 73.3. The van der Waals surface area contributed by atoms with Crippen LogP contribution >= 0.6 is 0 Å². The summed E-state index contributed by atoms with van der Waals surface area (Å²) in [6.07, 6.45) is 3.75. The Balaban J connectivity index is 0.0000000926. The van der Waals surface area contributed by atoms with Gasteiger partial charge in [0.2, 0.25) is 0 Å². The van der Waals surface area contributed by atoms with Gasteiger partial charge in [-0.2, -0.15) is 0 Å². The van der Waals surface area contributed by atoms with E-state index in [1.54, 1.807) is 0 Å². The smallest absolute Gasteiger partial charge is 0.161 e. The molecule has 0 N–H and O–H groups in total. The molecule has 0 unspecified atom stereocenters. The van der Waals surface area contributed by atoms with Crippen LogP contribution in [0.25, 0.3) is 243 Å². The fourth-order valence-corrected chi connectivity index (χ4v) is 19.2. The molecule has 0 aliphatic rings. The van der Waals surface area contributed by atoms with Gasteiger partial charge in [0.15, 0.2) is 22.3 Å². The monoisotopic (exact) mass is 1640 g/mol. The third-order valence-corrected chi connectivity index (χ3v) is 25.0. The minimum atomic E-state index is 0.813. The fourth-order valence-electron chi connectivity index (χ4n) is 19.2. The SMILES string of the molecule is c1cc(-c2ccc3oc4ccccc4c3n2)cc(-n2c3ccccc3c3ccccc32)c1.c1cc(-c2ccnc3c2oc2ccccc23)cc(-n2c3ccccc3c3ccccc32)c1.c1ccc(-n2c3ccccc3c3ccccc32)c(-c2ccnc3c2oc2ccccc23)c1.c1ccc2c(c1)oc1ccc(-c3ccc(-n4c5ccccc5c5ccccc54)cc3)nc12. The molecule has 0 atom stereocenters. The van der Waals surface area contributed by atoms with Crippen LogP contribution in [0.1, 0.15) is 0 Å². The van der Waals surface area contributed by atoms with Gasteiger partial charge < -0.3 is 35.9 Å². The molecular formula is C116H72N8O4.